The fraction of sp³-hybridized carbons (Fsp3) is 0.211. The fourth-order valence-electron chi connectivity index (χ4n) is 2.47. The molecule has 1 aromatic carbocycles. The van der Waals surface area contributed by atoms with Crippen molar-refractivity contribution in [3.05, 3.63) is 52.9 Å². The minimum Gasteiger partial charge on any atom is -0.497 e. The maximum atomic E-state index is 12.4. The Labute approximate surface area is 160 Å². The normalized spacial score (nSPS) is 11.9. The second-order valence-corrected chi connectivity index (χ2v) is 6.25. The Morgan fingerprint density at radius 3 is 2.70 bits per heavy atom. The lowest BCUT2D eigenvalue weighted by atomic mass is 10.1. The summed E-state index contributed by atoms with van der Waals surface area (Å²) < 4.78 is 16.0. The molecule has 8 heteroatoms. The molecule has 7 nitrogen and oxygen atoms in total. The number of furan rings is 1. The second-order valence-electron chi connectivity index (χ2n) is 5.82. The first-order valence-electron chi connectivity index (χ1n) is 8.09. The monoisotopic (exact) mass is 388 g/mol. The van der Waals surface area contributed by atoms with Gasteiger partial charge in [0.05, 0.1) is 12.1 Å². The molecule has 1 amide bonds. The predicted octanol–water partition coefficient (Wildman–Crippen LogP) is 3.98. The molecule has 1 N–H and O–H groups in total. The number of aromatic nitrogens is 1. The number of carbonyl (C=O) groups excluding carboxylic acids is 2. The Hall–Kier alpha value is -3.06. The van der Waals surface area contributed by atoms with Crippen molar-refractivity contribution in [1.82, 2.24) is 4.98 Å². The molecule has 3 aromatic rings. The van der Waals surface area contributed by atoms with Gasteiger partial charge in [-0.15, -0.1) is 0 Å². The van der Waals surface area contributed by atoms with Gasteiger partial charge in [-0.25, -0.2) is 9.78 Å². The lowest BCUT2D eigenvalue weighted by Crippen LogP contribution is -2.30. The molecule has 0 bridgehead atoms. The summed E-state index contributed by atoms with van der Waals surface area (Å²) in [6.45, 7) is 3.20. The van der Waals surface area contributed by atoms with Gasteiger partial charge in [-0.3, -0.25) is 4.79 Å². The van der Waals surface area contributed by atoms with Gasteiger partial charge in [0, 0.05) is 17.1 Å². The Morgan fingerprint density at radius 1 is 1.26 bits per heavy atom. The van der Waals surface area contributed by atoms with Gasteiger partial charge in [0.15, 0.2) is 6.10 Å². The molecular weight excluding hydrogens is 372 g/mol. The topological polar surface area (TPSA) is 90.7 Å². The van der Waals surface area contributed by atoms with E-state index in [0.29, 0.717) is 27.7 Å². The summed E-state index contributed by atoms with van der Waals surface area (Å²) in [4.78, 5) is 28.6. The summed E-state index contributed by atoms with van der Waals surface area (Å²) in [6.07, 6.45) is 0.358. The second kappa shape index (κ2) is 7.67. The van der Waals surface area contributed by atoms with Crippen LogP contribution in [0.4, 0.5) is 5.82 Å². The van der Waals surface area contributed by atoms with Crippen LogP contribution in [0.15, 0.2) is 40.9 Å². The summed E-state index contributed by atoms with van der Waals surface area (Å²) in [5.74, 6) is -0.251. The Morgan fingerprint density at radius 2 is 2.04 bits per heavy atom. The number of anilines is 1. The predicted molar refractivity (Wildman–Crippen MR) is 100 cm³/mol. The third-order valence-electron chi connectivity index (χ3n) is 3.96. The molecular formula is C19H17ClN2O5. The van der Waals surface area contributed by atoms with Crippen LogP contribution >= 0.6 is 11.6 Å². The highest BCUT2D eigenvalue weighted by molar-refractivity contribution is 6.30. The van der Waals surface area contributed by atoms with Gasteiger partial charge >= 0.3 is 5.97 Å². The first-order chi connectivity index (χ1) is 12.9. The molecule has 0 fully saturated rings. The third kappa shape index (κ3) is 4.03. The average molecular weight is 389 g/mol. The number of amides is 1. The van der Waals surface area contributed by atoms with E-state index in [1.54, 1.807) is 44.4 Å². The SMILES string of the molecule is COc1ccc2oc(C(=O)OC(C)C(=O)Nc3ccc(Cl)cn3)c(C)c2c1. The van der Waals surface area contributed by atoms with Crippen molar-refractivity contribution >= 4 is 40.3 Å². The number of fused-ring (bicyclic) bond motifs is 1. The highest BCUT2D eigenvalue weighted by atomic mass is 35.5. The zero-order valence-electron chi connectivity index (χ0n) is 14.9. The number of methoxy groups -OCH3 is 1. The van der Waals surface area contributed by atoms with Gasteiger partial charge in [-0.2, -0.15) is 0 Å². The van der Waals surface area contributed by atoms with E-state index in [9.17, 15) is 9.59 Å². The first kappa shape index (κ1) is 18.7. The highest BCUT2D eigenvalue weighted by Crippen LogP contribution is 2.29. The van der Waals surface area contributed by atoms with Crippen LogP contribution in [0.3, 0.4) is 0 Å². The van der Waals surface area contributed by atoms with Crippen molar-refractivity contribution in [2.45, 2.75) is 20.0 Å². The van der Waals surface area contributed by atoms with Crippen molar-refractivity contribution in [3.8, 4) is 5.75 Å². The summed E-state index contributed by atoms with van der Waals surface area (Å²) in [5.41, 5.74) is 1.14. The van der Waals surface area contributed by atoms with Crippen LogP contribution in [0, 0.1) is 6.92 Å². The van der Waals surface area contributed by atoms with Gasteiger partial charge in [0.1, 0.15) is 17.2 Å². The molecule has 0 aliphatic heterocycles. The maximum Gasteiger partial charge on any atom is 0.375 e. The van der Waals surface area contributed by atoms with E-state index in [-0.39, 0.29) is 5.76 Å². The van der Waals surface area contributed by atoms with Crippen LogP contribution in [-0.4, -0.2) is 30.1 Å². The number of carbonyl (C=O) groups is 2. The van der Waals surface area contributed by atoms with E-state index < -0.39 is 18.0 Å². The van der Waals surface area contributed by atoms with Crippen LogP contribution in [0.2, 0.25) is 5.02 Å². The number of rotatable bonds is 5. The number of ether oxygens (including phenoxy) is 2. The zero-order chi connectivity index (χ0) is 19.6. The third-order valence-corrected chi connectivity index (χ3v) is 4.18. The lowest BCUT2D eigenvalue weighted by Gasteiger charge is -2.12. The number of aryl methyl sites for hydroxylation is 1. The molecule has 1 unspecified atom stereocenters. The summed E-state index contributed by atoms with van der Waals surface area (Å²) in [6, 6.07) is 8.35. The number of nitrogens with zero attached hydrogens (tertiary/aromatic N) is 1. The Bertz CT molecular complexity index is 997. The van der Waals surface area contributed by atoms with E-state index in [2.05, 4.69) is 10.3 Å². The summed E-state index contributed by atoms with van der Waals surface area (Å²) >= 11 is 5.75. The smallest absolute Gasteiger partial charge is 0.375 e. The average Bonchev–Trinajstić information content (AvgIpc) is 2.99. The van der Waals surface area contributed by atoms with Crippen molar-refractivity contribution in [3.63, 3.8) is 0 Å². The van der Waals surface area contributed by atoms with Gasteiger partial charge in [-0.05, 0) is 44.2 Å². The Balaban J connectivity index is 1.72. The number of nitrogens with one attached hydrogen (secondary N) is 1. The number of pyridine rings is 1. The van der Waals surface area contributed by atoms with Crippen molar-refractivity contribution in [1.29, 1.82) is 0 Å². The molecule has 140 valence electrons. The molecule has 3 rings (SSSR count). The lowest BCUT2D eigenvalue weighted by molar-refractivity contribution is -0.123. The van der Waals surface area contributed by atoms with Gasteiger partial charge < -0.3 is 19.2 Å². The van der Waals surface area contributed by atoms with E-state index in [1.807, 2.05) is 0 Å². The molecule has 0 aliphatic carbocycles. The van der Waals surface area contributed by atoms with Crippen molar-refractivity contribution in [2.75, 3.05) is 12.4 Å². The molecule has 0 aliphatic rings. The zero-order valence-corrected chi connectivity index (χ0v) is 15.7. The minimum absolute atomic E-state index is 0.0440. The Kier molecular flexibility index (Phi) is 5.32. The van der Waals surface area contributed by atoms with E-state index >= 15 is 0 Å². The van der Waals surface area contributed by atoms with E-state index in [4.69, 9.17) is 25.5 Å². The van der Waals surface area contributed by atoms with Crippen LogP contribution < -0.4 is 10.1 Å². The molecule has 2 aromatic heterocycles. The molecule has 1 atom stereocenters. The van der Waals surface area contributed by atoms with E-state index in [0.717, 1.165) is 5.39 Å². The van der Waals surface area contributed by atoms with Crippen LogP contribution in [0.25, 0.3) is 11.0 Å². The highest BCUT2D eigenvalue weighted by Gasteiger charge is 2.24. The molecule has 0 saturated carbocycles. The quantitative estimate of drug-likeness (QED) is 0.665. The first-order valence-corrected chi connectivity index (χ1v) is 8.47. The minimum atomic E-state index is -1.04. The van der Waals surface area contributed by atoms with Crippen molar-refractivity contribution < 1.29 is 23.5 Å². The van der Waals surface area contributed by atoms with Crippen LogP contribution in [-0.2, 0) is 9.53 Å². The van der Waals surface area contributed by atoms with Crippen LogP contribution in [0.5, 0.6) is 5.75 Å². The largest absolute Gasteiger partial charge is 0.497 e. The fourth-order valence-corrected chi connectivity index (χ4v) is 2.58. The standard InChI is InChI=1S/C19H17ClN2O5/c1-10-14-8-13(25-3)5-6-15(14)27-17(10)19(24)26-11(2)18(23)22-16-7-4-12(20)9-21-16/h4-9,11H,1-3H3,(H,21,22,23). The molecule has 0 spiro atoms. The number of benzene rings is 1. The molecule has 2 heterocycles. The number of halogens is 1. The molecule has 27 heavy (non-hydrogen) atoms. The summed E-state index contributed by atoms with van der Waals surface area (Å²) in [5, 5.41) is 3.74. The number of hydrogen-bond donors (Lipinski definition) is 1. The van der Waals surface area contributed by atoms with Crippen LogP contribution in [0.1, 0.15) is 23.0 Å². The number of esters is 1. The van der Waals surface area contributed by atoms with Gasteiger partial charge in [0.2, 0.25) is 5.76 Å². The maximum absolute atomic E-state index is 12.4. The van der Waals surface area contributed by atoms with Crippen molar-refractivity contribution in [2.24, 2.45) is 0 Å². The summed E-state index contributed by atoms with van der Waals surface area (Å²) in [7, 11) is 1.56. The van der Waals surface area contributed by atoms with E-state index in [1.165, 1.54) is 13.1 Å². The van der Waals surface area contributed by atoms with Gasteiger partial charge in [0.25, 0.3) is 5.91 Å². The van der Waals surface area contributed by atoms with Gasteiger partial charge in [-0.1, -0.05) is 11.6 Å². The number of hydrogen-bond acceptors (Lipinski definition) is 6. The molecule has 0 saturated heterocycles. The molecule has 0 radical (unpaired) electrons.